The molecule has 4 heteroatoms. The highest BCUT2D eigenvalue weighted by atomic mass is 16.1. The zero-order valence-corrected chi connectivity index (χ0v) is 9.55. The lowest BCUT2D eigenvalue weighted by Gasteiger charge is -2.20. The predicted octanol–water partition coefficient (Wildman–Crippen LogP) is 1.55. The molecule has 1 aliphatic heterocycles. The van der Waals surface area contributed by atoms with Gasteiger partial charge < -0.3 is 5.32 Å². The molecule has 1 aromatic carbocycles. The summed E-state index contributed by atoms with van der Waals surface area (Å²) in [4.78, 5) is 11.8. The Morgan fingerprint density at radius 1 is 1.35 bits per heavy atom. The fourth-order valence-corrected chi connectivity index (χ4v) is 2.19. The lowest BCUT2D eigenvalue weighted by atomic mass is 10.0. The third kappa shape index (κ3) is 1.62. The van der Waals surface area contributed by atoms with Crippen LogP contribution in [0.1, 0.15) is 23.0 Å². The minimum atomic E-state index is -0.0269. The average molecular weight is 227 g/mol. The second-order valence-corrected chi connectivity index (χ2v) is 4.33. The van der Waals surface area contributed by atoms with Crippen molar-refractivity contribution in [2.24, 2.45) is 0 Å². The molecule has 0 fully saturated rings. The van der Waals surface area contributed by atoms with Crippen LogP contribution in [0, 0.1) is 0 Å². The van der Waals surface area contributed by atoms with Crippen LogP contribution in [0.2, 0.25) is 0 Å². The summed E-state index contributed by atoms with van der Waals surface area (Å²) in [6.07, 6.45) is 2.46. The summed E-state index contributed by atoms with van der Waals surface area (Å²) >= 11 is 0. The summed E-state index contributed by atoms with van der Waals surface area (Å²) in [7, 11) is 0. The van der Waals surface area contributed by atoms with E-state index in [1.807, 2.05) is 41.9 Å². The van der Waals surface area contributed by atoms with Gasteiger partial charge in [-0.15, -0.1) is 0 Å². The van der Waals surface area contributed by atoms with E-state index in [2.05, 4.69) is 10.4 Å². The van der Waals surface area contributed by atoms with Crippen LogP contribution in [0.4, 0.5) is 0 Å². The molecule has 17 heavy (non-hydrogen) atoms. The van der Waals surface area contributed by atoms with Gasteiger partial charge in [0, 0.05) is 12.5 Å². The quantitative estimate of drug-likeness (QED) is 0.803. The number of carbonyl (C=O) groups is 1. The molecule has 0 radical (unpaired) electrons. The first-order valence-corrected chi connectivity index (χ1v) is 5.69. The molecule has 1 atom stereocenters. The van der Waals surface area contributed by atoms with Crippen LogP contribution in [-0.2, 0) is 6.42 Å². The number of hydrogen-bond donors (Lipinski definition) is 1. The van der Waals surface area contributed by atoms with Gasteiger partial charge in [-0.3, -0.25) is 4.79 Å². The standard InChI is InChI=1S/C13H13N3O/c1-9-7-12-11(13(17)15-9)8-14-16(12)10-5-3-2-4-6-10/h2-6,8-9H,7H2,1H3,(H,15,17)/t9-/m0/s1. The highest BCUT2D eigenvalue weighted by Crippen LogP contribution is 2.19. The number of aromatic nitrogens is 2. The largest absolute Gasteiger partial charge is 0.349 e. The molecule has 0 saturated heterocycles. The van der Waals surface area contributed by atoms with Gasteiger partial charge in [0.1, 0.15) is 0 Å². The summed E-state index contributed by atoms with van der Waals surface area (Å²) in [5.41, 5.74) is 2.68. The number of fused-ring (bicyclic) bond motifs is 1. The van der Waals surface area contributed by atoms with Crippen molar-refractivity contribution < 1.29 is 4.79 Å². The Balaban J connectivity index is 2.12. The molecule has 2 heterocycles. The van der Waals surface area contributed by atoms with E-state index in [0.29, 0.717) is 5.56 Å². The fraction of sp³-hybridized carbons (Fsp3) is 0.231. The van der Waals surface area contributed by atoms with Crippen molar-refractivity contribution in [3.05, 3.63) is 47.8 Å². The minimum absolute atomic E-state index is 0.0269. The van der Waals surface area contributed by atoms with Crippen molar-refractivity contribution in [3.63, 3.8) is 0 Å². The highest BCUT2D eigenvalue weighted by molar-refractivity contribution is 5.96. The van der Waals surface area contributed by atoms with Crippen molar-refractivity contribution in [1.82, 2.24) is 15.1 Å². The third-order valence-corrected chi connectivity index (χ3v) is 2.99. The number of benzene rings is 1. The molecule has 0 bridgehead atoms. The fourth-order valence-electron chi connectivity index (χ4n) is 2.19. The number of rotatable bonds is 1. The second kappa shape index (κ2) is 3.73. The lowest BCUT2D eigenvalue weighted by Crippen LogP contribution is -2.39. The van der Waals surface area contributed by atoms with Crippen LogP contribution in [0.5, 0.6) is 0 Å². The summed E-state index contributed by atoms with van der Waals surface area (Å²) < 4.78 is 1.85. The van der Waals surface area contributed by atoms with E-state index in [1.54, 1.807) is 6.20 Å². The van der Waals surface area contributed by atoms with E-state index in [9.17, 15) is 4.79 Å². The first-order valence-electron chi connectivity index (χ1n) is 5.69. The van der Waals surface area contributed by atoms with Gasteiger partial charge in [-0.2, -0.15) is 5.10 Å². The first kappa shape index (κ1) is 10.1. The Morgan fingerprint density at radius 3 is 2.88 bits per heavy atom. The molecule has 3 rings (SSSR count). The van der Waals surface area contributed by atoms with Gasteiger partial charge in [-0.25, -0.2) is 4.68 Å². The monoisotopic (exact) mass is 227 g/mol. The Bertz CT molecular complexity index is 559. The molecular formula is C13H13N3O. The molecule has 0 saturated carbocycles. The van der Waals surface area contributed by atoms with Crippen LogP contribution in [0.15, 0.2) is 36.5 Å². The highest BCUT2D eigenvalue weighted by Gasteiger charge is 2.25. The maximum Gasteiger partial charge on any atom is 0.254 e. The molecule has 0 spiro atoms. The smallest absolute Gasteiger partial charge is 0.254 e. The van der Waals surface area contributed by atoms with Crippen molar-refractivity contribution >= 4 is 5.91 Å². The zero-order valence-electron chi connectivity index (χ0n) is 9.55. The lowest BCUT2D eigenvalue weighted by molar-refractivity contribution is 0.0928. The molecule has 0 aliphatic carbocycles. The number of nitrogens with one attached hydrogen (secondary N) is 1. The minimum Gasteiger partial charge on any atom is -0.349 e. The van der Waals surface area contributed by atoms with Gasteiger partial charge in [0.25, 0.3) is 5.91 Å². The van der Waals surface area contributed by atoms with Crippen molar-refractivity contribution in [3.8, 4) is 5.69 Å². The zero-order chi connectivity index (χ0) is 11.8. The van der Waals surface area contributed by atoms with Crippen LogP contribution >= 0.6 is 0 Å². The van der Waals surface area contributed by atoms with Crippen LogP contribution in [0.3, 0.4) is 0 Å². The number of nitrogens with zero attached hydrogens (tertiary/aromatic N) is 2. The molecule has 0 unspecified atom stereocenters. The second-order valence-electron chi connectivity index (χ2n) is 4.33. The van der Waals surface area contributed by atoms with Gasteiger partial charge in [0.05, 0.1) is 23.1 Å². The summed E-state index contributed by atoms with van der Waals surface area (Å²) in [5.74, 6) is -0.0269. The summed E-state index contributed by atoms with van der Waals surface area (Å²) in [6.45, 7) is 2.00. The van der Waals surface area contributed by atoms with Gasteiger partial charge in [-0.05, 0) is 19.1 Å². The van der Waals surface area contributed by atoms with E-state index in [4.69, 9.17) is 0 Å². The average Bonchev–Trinajstić information content (AvgIpc) is 2.74. The normalized spacial score (nSPS) is 18.6. The molecule has 86 valence electrons. The van der Waals surface area contributed by atoms with E-state index in [-0.39, 0.29) is 11.9 Å². The number of para-hydroxylation sites is 1. The van der Waals surface area contributed by atoms with E-state index < -0.39 is 0 Å². The maximum absolute atomic E-state index is 11.8. The molecular weight excluding hydrogens is 214 g/mol. The summed E-state index contributed by atoms with van der Waals surface area (Å²) in [5, 5.41) is 7.22. The summed E-state index contributed by atoms with van der Waals surface area (Å²) in [6, 6.07) is 10.0. The van der Waals surface area contributed by atoms with Crippen molar-refractivity contribution in [2.45, 2.75) is 19.4 Å². The Kier molecular flexibility index (Phi) is 2.21. The van der Waals surface area contributed by atoms with E-state index in [1.165, 1.54) is 0 Å². The number of carbonyl (C=O) groups excluding carboxylic acids is 1. The molecule has 2 aromatic rings. The topological polar surface area (TPSA) is 46.9 Å². The SMILES string of the molecule is C[C@H]1Cc2c(cnn2-c2ccccc2)C(=O)N1. The number of hydrogen-bond acceptors (Lipinski definition) is 2. The van der Waals surface area contributed by atoms with Gasteiger partial charge in [0.2, 0.25) is 0 Å². The Morgan fingerprint density at radius 2 is 2.12 bits per heavy atom. The number of amides is 1. The maximum atomic E-state index is 11.8. The first-order chi connectivity index (χ1) is 8.25. The van der Waals surface area contributed by atoms with Crippen LogP contribution in [0.25, 0.3) is 5.69 Å². The third-order valence-electron chi connectivity index (χ3n) is 2.99. The van der Waals surface area contributed by atoms with Gasteiger partial charge in [0.15, 0.2) is 0 Å². The van der Waals surface area contributed by atoms with Crippen molar-refractivity contribution in [1.29, 1.82) is 0 Å². The molecule has 4 nitrogen and oxygen atoms in total. The van der Waals surface area contributed by atoms with Gasteiger partial charge >= 0.3 is 0 Å². The van der Waals surface area contributed by atoms with Crippen LogP contribution in [-0.4, -0.2) is 21.7 Å². The molecule has 1 amide bonds. The molecule has 1 aromatic heterocycles. The Hall–Kier alpha value is -2.10. The van der Waals surface area contributed by atoms with Crippen molar-refractivity contribution in [2.75, 3.05) is 0 Å². The Labute approximate surface area is 99.3 Å². The predicted molar refractivity (Wildman–Crippen MR) is 64.2 cm³/mol. The molecule has 1 aliphatic rings. The van der Waals surface area contributed by atoms with Crippen LogP contribution < -0.4 is 5.32 Å². The molecule has 1 N–H and O–H groups in total. The van der Waals surface area contributed by atoms with E-state index >= 15 is 0 Å². The van der Waals surface area contributed by atoms with Gasteiger partial charge in [-0.1, -0.05) is 18.2 Å². The van der Waals surface area contributed by atoms with E-state index in [0.717, 1.165) is 17.8 Å².